The third kappa shape index (κ3) is 2.52. The highest BCUT2D eigenvalue weighted by Gasteiger charge is 2.42. The van der Waals surface area contributed by atoms with Gasteiger partial charge in [-0.1, -0.05) is 13.8 Å². The van der Waals surface area contributed by atoms with Crippen molar-refractivity contribution in [2.45, 2.75) is 38.9 Å². The van der Waals surface area contributed by atoms with Gasteiger partial charge in [-0.3, -0.25) is 0 Å². The first-order valence-electron chi connectivity index (χ1n) is 5.34. The molecule has 0 bridgehead atoms. The molecule has 88 valence electrons. The van der Waals surface area contributed by atoms with Crippen molar-refractivity contribution >= 4 is 0 Å². The zero-order valence-corrected chi connectivity index (χ0v) is 10.4. The summed E-state index contributed by atoms with van der Waals surface area (Å²) < 4.78 is 16.2. The molecule has 2 atom stereocenters. The first kappa shape index (κ1) is 12.5. The van der Waals surface area contributed by atoms with Crippen LogP contribution in [-0.2, 0) is 14.2 Å². The van der Waals surface area contributed by atoms with Crippen LogP contribution >= 0.6 is 0 Å². The predicted octanol–water partition coefficient (Wildman–Crippen LogP) is 2.37. The molecule has 0 aromatic carbocycles. The van der Waals surface area contributed by atoms with E-state index < -0.39 is 0 Å². The number of methoxy groups -OCH3 is 3. The molecule has 0 spiro atoms. The SMILES string of the molecule is CO/C=C1\CCC(C)(C)[C@@H](OC)[C@@H]1OC. The molecule has 1 rings (SSSR count). The molecule has 0 aliphatic heterocycles. The van der Waals surface area contributed by atoms with Crippen LogP contribution < -0.4 is 0 Å². The molecular formula is C12H22O3. The Kier molecular flexibility index (Phi) is 4.17. The molecule has 0 unspecified atom stereocenters. The van der Waals surface area contributed by atoms with Gasteiger partial charge in [0.15, 0.2) is 0 Å². The number of ether oxygens (including phenoxy) is 3. The Bertz CT molecular complexity index is 233. The number of rotatable bonds is 3. The van der Waals surface area contributed by atoms with Crippen LogP contribution in [0.2, 0.25) is 0 Å². The van der Waals surface area contributed by atoms with Crippen LogP contribution in [0.4, 0.5) is 0 Å². The molecule has 0 aromatic rings. The molecule has 1 saturated carbocycles. The second-order valence-corrected chi connectivity index (χ2v) is 4.73. The van der Waals surface area contributed by atoms with E-state index in [2.05, 4.69) is 13.8 Å². The molecule has 0 saturated heterocycles. The third-order valence-electron chi connectivity index (χ3n) is 3.25. The Morgan fingerprint density at radius 3 is 2.33 bits per heavy atom. The summed E-state index contributed by atoms with van der Waals surface area (Å²) in [5, 5.41) is 0. The van der Waals surface area contributed by atoms with E-state index in [1.54, 1.807) is 27.6 Å². The highest BCUT2D eigenvalue weighted by molar-refractivity contribution is 5.15. The fourth-order valence-electron chi connectivity index (χ4n) is 2.35. The van der Waals surface area contributed by atoms with Crippen molar-refractivity contribution in [3.8, 4) is 0 Å². The largest absolute Gasteiger partial charge is 0.504 e. The lowest BCUT2D eigenvalue weighted by Crippen LogP contribution is -2.46. The van der Waals surface area contributed by atoms with Crippen LogP contribution in [0.5, 0.6) is 0 Å². The van der Waals surface area contributed by atoms with E-state index in [-0.39, 0.29) is 17.6 Å². The normalized spacial score (nSPS) is 33.0. The van der Waals surface area contributed by atoms with Crippen molar-refractivity contribution in [1.29, 1.82) is 0 Å². The molecule has 1 aliphatic rings. The van der Waals surface area contributed by atoms with Crippen molar-refractivity contribution in [2.24, 2.45) is 5.41 Å². The van der Waals surface area contributed by atoms with E-state index in [0.29, 0.717) is 0 Å². The molecule has 1 fully saturated rings. The Hall–Kier alpha value is -0.540. The minimum atomic E-state index is 0.0127. The van der Waals surface area contributed by atoms with Gasteiger partial charge in [0.25, 0.3) is 0 Å². The minimum Gasteiger partial charge on any atom is -0.504 e. The molecule has 15 heavy (non-hydrogen) atoms. The van der Waals surface area contributed by atoms with Crippen LogP contribution in [-0.4, -0.2) is 33.5 Å². The predicted molar refractivity (Wildman–Crippen MR) is 59.7 cm³/mol. The summed E-state index contributed by atoms with van der Waals surface area (Å²) in [5.41, 5.74) is 1.34. The molecule has 3 heteroatoms. The molecule has 1 aliphatic carbocycles. The monoisotopic (exact) mass is 214 g/mol. The summed E-state index contributed by atoms with van der Waals surface area (Å²) >= 11 is 0. The molecule has 0 radical (unpaired) electrons. The maximum absolute atomic E-state index is 5.57. The molecule has 0 heterocycles. The van der Waals surface area contributed by atoms with E-state index >= 15 is 0 Å². The molecular weight excluding hydrogens is 192 g/mol. The van der Waals surface area contributed by atoms with E-state index in [4.69, 9.17) is 14.2 Å². The van der Waals surface area contributed by atoms with Gasteiger partial charge in [0, 0.05) is 14.2 Å². The van der Waals surface area contributed by atoms with Gasteiger partial charge in [-0.25, -0.2) is 0 Å². The fraction of sp³-hybridized carbons (Fsp3) is 0.833. The average molecular weight is 214 g/mol. The summed E-state index contributed by atoms with van der Waals surface area (Å²) in [6.07, 6.45) is 4.01. The molecule has 0 amide bonds. The number of hydrogen-bond acceptors (Lipinski definition) is 3. The van der Waals surface area contributed by atoms with Crippen LogP contribution in [0.25, 0.3) is 0 Å². The van der Waals surface area contributed by atoms with Gasteiger partial charge in [0.2, 0.25) is 0 Å². The summed E-state index contributed by atoms with van der Waals surface area (Å²) in [6.45, 7) is 4.44. The van der Waals surface area contributed by atoms with Gasteiger partial charge in [-0.05, 0) is 23.8 Å². The lowest BCUT2D eigenvalue weighted by Gasteiger charge is -2.43. The second kappa shape index (κ2) is 4.99. The maximum atomic E-state index is 5.57. The van der Waals surface area contributed by atoms with E-state index in [1.807, 2.05) is 0 Å². The summed E-state index contributed by atoms with van der Waals surface area (Å²) in [4.78, 5) is 0. The lowest BCUT2D eigenvalue weighted by molar-refractivity contribution is -0.0953. The van der Waals surface area contributed by atoms with Crippen LogP contribution in [0.3, 0.4) is 0 Å². The van der Waals surface area contributed by atoms with E-state index in [9.17, 15) is 0 Å². The summed E-state index contributed by atoms with van der Waals surface area (Å²) in [7, 11) is 5.14. The summed E-state index contributed by atoms with van der Waals surface area (Å²) in [6, 6.07) is 0. The third-order valence-corrected chi connectivity index (χ3v) is 3.25. The Morgan fingerprint density at radius 2 is 1.87 bits per heavy atom. The van der Waals surface area contributed by atoms with Crippen molar-refractivity contribution in [2.75, 3.05) is 21.3 Å². The van der Waals surface area contributed by atoms with Gasteiger partial charge >= 0.3 is 0 Å². The Balaban J connectivity index is 2.90. The van der Waals surface area contributed by atoms with Gasteiger partial charge in [0.05, 0.1) is 19.5 Å². The van der Waals surface area contributed by atoms with Crippen LogP contribution in [0.15, 0.2) is 11.8 Å². The highest BCUT2D eigenvalue weighted by Crippen LogP contribution is 2.41. The molecule has 3 nitrogen and oxygen atoms in total. The standard InChI is InChI=1S/C12H22O3/c1-12(2)7-6-9(8-13-3)10(14-4)11(12)15-5/h8,10-11H,6-7H2,1-5H3/b9-8+/t10-,11+/m1/s1. The fourth-order valence-corrected chi connectivity index (χ4v) is 2.35. The van der Waals surface area contributed by atoms with E-state index in [1.165, 1.54) is 5.57 Å². The molecule has 0 aromatic heterocycles. The smallest absolute Gasteiger partial charge is 0.108 e. The first-order chi connectivity index (χ1) is 7.06. The van der Waals surface area contributed by atoms with Crippen LogP contribution in [0.1, 0.15) is 26.7 Å². The minimum absolute atomic E-state index is 0.0127. The van der Waals surface area contributed by atoms with Gasteiger partial charge in [0.1, 0.15) is 6.10 Å². The Labute approximate surface area is 92.4 Å². The van der Waals surface area contributed by atoms with Crippen molar-refractivity contribution in [3.05, 3.63) is 11.8 Å². The van der Waals surface area contributed by atoms with Gasteiger partial charge in [-0.15, -0.1) is 0 Å². The highest BCUT2D eigenvalue weighted by atomic mass is 16.5. The Morgan fingerprint density at radius 1 is 1.20 bits per heavy atom. The van der Waals surface area contributed by atoms with Crippen molar-refractivity contribution in [3.63, 3.8) is 0 Å². The van der Waals surface area contributed by atoms with Gasteiger partial charge in [-0.2, -0.15) is 0 Å². The van der Waals surface area contributed by atoms with Gasteiger partial charge < -0.3 is 14.2 Å². The van der Waals surface area contributed by atoms with Crippen molar-refractivity contribution < 1.29 is 14.2 Å². The zero-order valence-electron chi connectivity index (χ0n) is 10.4. The lowest BCUT2D eigenvalue weighted by atomic mass is 9.71. The summed E-state index contributed by atoms with van der Waals surface area (Å²) in [5.74, 6) is 0. The number of hydrogen-bond donors (Lipinski definition) is 0. The van der Waals surface area contributed by atoms with Crippen molar-refractivity contribution in [1.82, 2.24) is 0 Å². The zero-order chi connectivity index (χ0) is 11.5. The topological polar surface area (TPSA) is 27.7 Å². The second-order valence-electron chi connectivity index (χ2n) is 4.73. The first-order valence-corrected chi connectivity index (χ1v) is 5.34. The van der Waals surface area contributed by atoms with Crippen LogP contribution in [0, 0.1) is 5.41 Å². The average Bonchev–Trinajstić information content (AvgIpc) is 2.20. The maximum Gasteiger partial charge on any atom is 0.108 e. The quantitative estimate of drug-likeness (QED) is 0.675. The van der Waals surface area contributed by atoms with E-state index in [0.717, 1.165) is 12.8 Å². The molecule has 0 N–H and O–H groups in total.